The number of nitrogens with zero attached hydrogens (tertiary/aromatic N) is 4. The Kier molecular flexibility index (Phi) is 9.77. The average molecular weight is 629 g/mol. The van der Waals surface area contributed by atoms with Crippen molar-refractivity contribution < 1.29 is 4.39 Å². The van der Waals surface area contributed by atoms with Gasteiger partial charge in [0.1, 0.15) is 5.82 Å². The van der Waals surface area contributed by atoms with E-state index in [1.54, 1.807) is 6.07 Å². The van der Waals surface area contributed by atoms with Crippen LogP contribution in [0.3, 0.4) is 0 Å². The molecule has 2 heterocycles. The van der Waals surface area contributed by atoms with Crippen LogP contribution in [-0.2, 0) is 0 Å². The van der Waals surface area contributed by atoms with E-state index in [1.807, 2.05) is 137 Å². The summed E-state index contributed by atoms with van der Waals surface area (Å²) in [6.45, 7) is 8.00. The van der Waals surface area contributed by atoms with Crippen LogP contribution in [-0.4, -0.2) is 19.5 Å². The van der Waals surface area contributed by atoms with E-state index in [1.165, 1.54) is 0 Å². The van der Waals surface area contributed by atoms with Gasteiger partial charge in [0.25, 0.3) is 0 Å². The lowest BCUT2D eigenvalue weighted by Gasteiger charge is -2.12. The van der Waals surface area contributed by atoms with Crippen molar-refractivity contribution in [3.05, 3.63) is 157 Å². The molecule has 4 nitrogen and oxygen atoms in total. The largest absolute Gasteiger partial charge is 0.309 e. The maximum absolute atomic E-state index is 16.6. The summed E-state index contributed by atoms with van der Waals surface area (Å²) < 4.78 is 18.8. The average Bonchev–Trinajstić information content (AvgIpc) is 3.51. The molecule has 0 N–H and O–H groups in total. The zero-order valence-electron chi connectivity index (χ0n) is 27.6. The molecule has 0 spiro atoms. The third-order valence-corrected chi connectivity index (χ3v) is 7.94. The van der Waals surface area contributed by atoms with E-state index in [0.29, 0.717) is 28.6 Å². The first-order valence-electron chi connectivity index (χ1n) is 16.5. The lowest BCUT2D eigenvalue weighted by atomic mass is 9.99. The van der Waals surface area contributed by atoms with Crippen molar-refractivity contribution in [2.24, 2.45) is 0 Å². The number of para-hydroxylation sites is 2. The normalized spacial score (nSPS) is 10.6. The van der Waals surface area contributed by atoms with Gasteiger partial charge in [-0.15, -0.1) is 0 Å². The van der Waals surface area contributed by atoms with Crippen molar-refractivity contribution in [3.8, 4) is 51.0 Å². The first-order chi connectivity index (χ1) is 23.7. The molecule has 0 amide bonds. The maximum Gasteiger partial charge on any atom is 0.167 e. The molecular weight excluding hydrogens is 591 g/mol. The first kappa shape index (κ1) is 32.0. The standard InChI is InChI=1S/C39H25FN4.2C2H6/c40-36-30(28-23-24-35-33(25-28)31-19-10-11-22-34(31)44(35)29-17-8-3-9-18-29)20-12-21-32(36)39-42-37(26-13-4-1-5-14-26)41-38(43-39)27-15-6-2-7-16-27;2*1-2/h1-25H;2*1-2H3. The Morgan fingerprint density at radius 1 is 0.417 bits per heavy atom. The molecule has 0 aliphatic carbocycles. The summed E-state index contributed by atoms with van der Waals surface area (Å²) in [7, 11) is 0. The highest BCUT2D eigenvalue weighted by molar-refractivity contribution is 6.10. The molecule has 48 heavy (non-hydrogen) atoms. The molecule has 0 saturated heterocycles. The van der Waals surface area contributed by atoms with E-state index in [-0.39, 0.29) is 5.82 Å². The molecule has 6 aromatic carbocycles. The Balaban J connectivity index is 0.000000969. The zero-order chi connectivity index (χ0) is 33.5. The molecule has 5 heteroatoms. The summed E-state index contributed by atoms with van der Waals surface area (Å²) in [6, 6.07) is 49.6. The summed E-state index contributed by atoms with van der Waals surface area (Å²) in [6.07, 6.45) is 0. The molecule has 2 aromatic heterocycles. The molecule has 0 fully saturated rings. The number of halogens is 1. The molecular formula is C43H37FN4. The second-order valence-electron chi connectivity index (χ2n) is 10.6. The number of aromatic nitrogens is 4. The van der Waals surface area contributed by atoms with Crippen LogP contribution in [0.5, 0.6) is 0 Å². The Labute approximate surface area is 281 Å². The molecule has 0 bridgehead atoms. The highest BCUT2D eigenvalue weighted by Crippen LogP contribution is 2.37. The summed E-state index contributed by atoms with van der Waals surface area (Å²) >= 11 is 0. The number of fused-ring (bicyclic) bond motifs is 3. The van der Waals surface area contributed by atoms with Crippen LogP contribution < -0.4 is 0 Å². The third-order valence-electron chi connectivity index (χ3n) is 7.94. The van der Waals surface area contributed by atoms with Crippen molar-refractivity contribution in [3.63, 3.8) is 0 Å². The Morgan fingerprint density at radius 3 is 1.54 bits per heavy atom. The van der Waals surface area contributed by atoms with Crippen molar-refractivity contribution in [2.45, 2.75) is 27.7 Å². The first-order valence-corrected chi connectivity index (χ1v) is 16.5. The van der Waals surface area contributed by atoms with Gasteiger partial charge >= 0.3 is 0 Å². The lowest BCUT2D eigenvalue weighted by molar-refractivity contribution is 0.633. The van der Waals surface area contributed by atoms with Crippen LogP contribution in [0.2, 0.25) is 0 Å². The molecule has 236 valence electrons. The fourth-order valence-corrected chi connectivity index (χ4v) is 5.85. The topological polar surface area (TPSA) is 43.6 Å². The molecule has 0 aliphatic heterocycles. The number of benzene rings is 6. The van der Waals surface area contributed by atoms with E-state index >= 15 is 4.39 Å². The number of hydrogen-bond donors (Lipinski definition) is 0. The summed E-state index contributed by atoms with van der Waals surface area (Å²) in [5.41, 5.74) is 6.53. The molecule has 0 aliphatic rings. The van der Waals surface area contributed by atoms with Crippen LogP contribution in [0.25, 0.3) is 72.8 Å². The number of hydrogen-bond acceptors (Lipinski definition) is 3. The second kappa shape index (κ2) is 14.7. The van der Waals surface area contributed by atoms with E-state index in [0.717, 1.165) is 44.2 Å². The van der Waals surface area contributed by atoms with Crippen LogP contribution in [0, 0.1) is 5.82 Å². The van der Waals surface area contributed by atoms with Gasteiger partial charge in [-0.25, -0.2) is 19.3 Å². The van der Waals surface area contributed by atoms with Gasteiger partial charge < -0.3 is 4.57 Å². The van der Waals surface area contributed by atoms with Gasteiger partial charge in [-0.05, 0) is 42.0 Å². The molecule has 8 rings (SSSR count). The Bertz CT molecular complexity index is 2220. The fourth-order valence-electron chi connectivity index (χ4n) is 5.85. The second-order valence-corrected chi connectivity index (χ2v) is 10.6. The maximum atomic E-state index is 16.6. The minimum Gasteiger partial charge on any atom is -0.309 e. The van der Waals surface area contributed by atoms with Crippen molar-refractivity contribution >= 4 is 21.8 Å². The van der Waals surface area contributed by atoms with Gasteiger partial charge in [-0.1, -0.05) is 143 Å². The Hall–Kier alpha value is -5.94. The SMILES string of the molecule is CC.CC.Fc1c(-c2ccc3c(c2)c2ccccc2n3-c2ccccc2)cccc1-c1nc(-c2ccccc2)nc(-c2ccccc2)n1. The quantitative estimate of drug-likeness (QED) is 0.190. The minimum absolute atomic E-state index is 0.291. The van der Waals surface area contributed by atoms with E-state index in [4.69, 9.17) is 15.0 Å². The minimum atomic E-state index is -0.372. The van der Waals surface area contributed by atoms with Gasteiger partial charge in [-0.3, -0.25) is 0 Å². The summed E-state index contributed by atoms with van der Waals surface area (Å²) in [5.74, 6) is 0.908. The third kappa shape index (κ3) is 6.10. The number of rotatable bonds is 5. The van der Waals surface area contributed by atoms with E-state index in [2.05, 4.69) is 41.0 Å². The highest BCUT2D eigenvalue weighted by atomic mass is 19.1. The van der Waals surface area contributed by atoms with Crippen molar-refractivity contribution in [2.75, 3.05) is 0 Å². The van der Waals surface area contributed by atoms with Crippen molar-refractivity contribution in [1.82, 2.24) is 19.5 Å². The summed E-state index contributed by atoms with van der Waals surface area (Å²) in [5, 5.41) is 2.17. The van der Waals surface area contributed by atoms with Crippen molar-refractivity contribution in [1.29, 1.82) is 0 Å². The lowest BCUT2D eigenvalue weighted by Crippen LogP contribution is -2.02. The molecule has 8 aromatic rings. The predicted molar refractivity (Wildman–Crippen MR) is 199 cm³/mol. The zero-order valence-corrected chi connectivity index (χ0v) is 27.6. The fraction of sp³-hybridized carbons (Fsp3) is 0.0930. The van der Waals surface area contributed by atoms with Gasteiger partial charge in [0.05, 0.1) is 16.6 Å². The predicted octanol–water partition coefficient (Wildman–Crippen LogP) is 11.8. The van der Waals surface area contributed by atoms with Crippen LogP contribution in [0.15, 0.2) is 152 Å². The molecule has 0 atom stereocenters. The molecule has 0 saturated carbocycles. The summed E-state index contributed by atoms with van der Waals surface area (Å²) in [4.78, 5) is 14.3. The van der Waals surface area contributed by atoms with Crippen LogP contribution in [0.1, 0.15) is 27.7 Å². The van der Waals surface area contributed by atoms with Gasteiger partial charge in [-0.2, -0.15) is 0 Å². The van der Waals surface area contributed by atoms with E-state index < -0.39 is 0 Å². The van der Waals surface area contributed by atoms with Gasteiger partial charge in [0.15, 0.2) is 17.5 Å². The molecule has 0 unspecified atom stereocenters. The van der Waals surface area contributed by atoms with Crippen LogP contribution >= 0.6 is 0 Å². The van der Waals surface area contributed by atoms with E-state index in [9.17, 15) is 0 Å². The van der Waals surface area contributed by atoms with Gasteiger partial charge in [0.2, 0.25) is 0 Å². The Morgan fingerprint density at radius 2 is 0.917 bits per heavy atom. The molecule has 0 radical (unpaired) electrons. The smallest absolute Gasteiger partial charge is 0.167 e. The van der Waals surface area contributed by atoms with Crippen LogP contribution in [0.4, 0.5) is 4.39 Å². The monoisotopic (exact) mass is 628 g/mol. The van der Waals surface area contributed by atoms with Gasteiger partial charge in [0, 0.05) is 33.2 Å². The highest BCUT2D eigenvalue weighted by Gasteiger charge is 2.19.